The normalized spacial score (nSPS) is 20.3. The van der Waals surface area contributed by atoms with E-state index in [0.717, 1.165) is 5.82 Å². The zero-order valence-corrected chi connectivity index (χ0v) is 11.3. The van der Waals surface area contributed by atoms with Crippen molar-refractivity contribution in [1.29, 1.82) is 0 Å². The number of carbonyl (C=O) groups excluding carboxylic acids is 2. The summed E-state index contributed by atoms with van der Waals surface area (Å²) in [7, 11) is 0. The molecule has 7 heteroatoms. The molecule has 2 amide bonds. The molecule has 19 heavy (non-hydrogen) atoms. The molecule has 1 unspecified atom stereocenters. The second kappa shape index (κ2) is 5.81. The molecule has 0 saturated carbocycles. The van der Waals surface area contributed by atoms with E-state index in [1.54, 1.807) is 9.58 Å². The molecule has 2 heterocycles. The van der Waals surface area contributed by atoms with Crippen molar-refractivity contribution in [2.24, 2.45) is 0 Å². The summed E-state index contributed by atoms with van der Waals surface area (Å²) in [5.41, 5.74) is 0. The lowest BCUT2D eigenvalue weighted by Crippen LogP contribution is -2.44. The first kappa shape index (κ1) is 13.5. The van der Waals surface area contributed by atoms with Crippen molar-refractivity contribution in [1.82, 2.24) is 25.0 Å². The van der Waals surface area contributed by atoms with Gasteiger partial charge in [0.15, 0.2) is 0 Å². The third kappa shape index (κ3) is 2.91. The average Bonchev–Trinajstić information content (AvgIpc) is 2.81. The summed E-state index contributed by atoms with van der Waals surface area (Å²) in [4.78, 5) is 29.7. The molecule has 1 fully saturated rings. The van der Waals surface area contributed by atoms with E-state index in [4.69, 9.17) is 0 Å². The molecule has 1 saturated heterocycles. The lowest BCUT2D eigenvalue weighted by molar-refractivity contribution is -0.134. The van der Waals surface area contributed by atoms with Crippen LogP contribution in [0.25, 0.3) is 0 Å². The van der Waals surface area contributed by atoms with E-state index in [1.165, 1.54) is 6.33 Å². The van der Waals surface area contributed by atoms with Gasteiger partial charge in [0, 0.05) is 19.5 Å². The van der Waals surface area contributed by atoms with E-state index >= 15 is 0 Å². The summed E-state index contributed by atoms with van der Waals surface area (Å²) >= 11 is 0. The molecular weight excluding hydrogens is 246 g/mol. The van der Waals surface area contributed by atoms with Crippen LogP contribution >= 0.6 is 0 Å². The third-order valence-corrected chi connectivity index (χ3v) is 3.29. The first-order valence-corrected chi connectivity index (χ1v) is 6.60. The maximum absolute atomic E-state index is 12.3. The predicted molar refractivity (Wildman–Crippen MR) is 68.0 cm³/mol. The number of aryl methyl sites for hydroxylation is 1. The average molecular weight is 265 g/mol. The molecule has 0 radical (unpaired) electrons. The van der Waals surface area contributed by atoms with Gasteiger partial charge < -0.3 is 10.2 Å². The minimum absolute atomic E-state index is 0.0426. The van der Waals surface area contributed by atoms with Crippen molar-refractivity contribution in [3.63, 3.8) is 0 Å². The largest absolute Gasteiger partial charge is 0.344 e. The zero-order chi connectivity index (χ0) is 13.8. The van der Waals surface area contributed by atoms with Crippen molar-refractivity contribution < 1.29 is 9.59 Å². The predicted octanol–water partition coefficient (Wildman–Crippen LogP) is -0.0749. The van der Waals surface area contributed by atoms with Gasteiger partial charge in [-0.3, -0.25) is 9.59 Å². The van der Waals surface area contributed by atoms with Crippen LogP contribution in [0.5, 0.6) is 0 Å². The third-order valence-electron chi connectivity index (χ3n) is 3.29. The van der Waals surface area contributed by atoms with Crippen molar-refractivity contribution >= 4 is 11.8 Å². The molecule has 1 aromatic rings. The quantitative estimate of drug-likeness (QED) is 0.826. The van der Waals surface area contributed by atoms with Gasteiger partial charge >= 0.3 is 0 Å². The number of carbonyl (C=O) groups is 2. The van der Waals surface area contributed by atoms with Crippen LogP contribution in [0, 0.1) is 0 Å². The molecule has 1 aliphatic rings. The van der Waals surface area contributed by atoms with Gasteiger partial charge in [-0.15, -0.1) is 0 Å². The summed E-state index contributed by atoms with van der Waals surface area (Å²) in [6.45, 7) is 5.41. The fraction of sp³-hybridized carbons (Fsp3) is 0.667. The van der Waals surface area contributed by atoms with Crippen LogP contribution < -0.4 is 5.32 Å². The van der Waals surface area contributed by atoms with Crippen LogP contribution in [0.4, 0.5) is 0 Å². The number of hydrogen-bond donors (Lipinski definition) is 1. The molecule has 1 N–H and O–H groups in total. The van der Waals surface area contributed by atoms with Crippen molar-refractivity contribution in [3.8, 4) is 0 Å². The van der Waals surface area contributed by atoms with E-state index in [0.29, 0.717) is 32.5 Å². The molecule has 2 rings (SSSR count). The van der Waals surface area contributed by atoms with E-state index in [-0.39, 0.29) is 11.8 Å². The summed E-state index contributed by atoms with van der Waals surface area (Å²) < 4.78 is 1.76. The fourth-order valence-corrected chi connectivity index (χ4v) is 2.17. The summed E-state index contributed by atoms with van der Waals surface area (Å²) in [6.07, 6.45) is 2.42. The van der Waals surface area contributed by atoms with Gasteiger partial charge in [0.2, 0.25) is 11.8 Å². The Balaban J connectivity index is 2.14. The van der Waals surface area contributed by atoms with Gasteiger partial charge in [-0.05, 0) is 13.3 Å². The van der Waals surface area contributed by atoms with Gasteiger partial charge in [-0.25, -0.2) is 9.67 Å². The Hall–Kier alpha value is -1.92. The number of amides is 2. The molecule has 0 spiro atoms. The number of rotatable bonds is 4. The van der Waals surface area contributed by atoms with Gasteiger partial charge in [-0.2, -0.15) is 5.10 Å². The van der Waals surface area contributed by atoms with Crippen LogP contribution in [0.3, 0.4) is 0 Å². The summed E-state index contributed by atoms with van der Waals surface area (Å²) in [5, 5.41) is 6.83. The number of hydrogen-bond acceptors (Lipinski definition) is 4. The monoisotopic (exact) mass is 265 g/mol. The Morgan fingerprint density at radius 3 is 2.89 bits per heavy atom. The van der Waals surface area contributed by atoms with Gasteiger partial charge in [0.05, 0.1) is 6.54 Å². The molecule has 1 atom stereocenters. The van der Waals surface area contributed by atoms with Crippen molar-refractivity contribution in [3.05, 3.63) is 12.2 Å². The van der Waals surface area contributed by atoms with E-state index in [2.05, 4.69) is 15.4 Å². The first-order valence-electron chi connectivity index (χ1n) is 6.60. The van der Waals surface area contributed by atoms with Crippen LogP contribution in [-0.2, 0) is 22.7 Å². The molecule has 0 bridgehead atoms. The Morgan fingerprint density at radius 1 is 1.42 bits per heavy atom. The maximum atomic E-state index is 12.3. The fourth-order valence-electron chi connectivity index (χ4n) is 2.17. The highest BCUT2D eigenvalue weighted by Crippen LogP contribution is 2.10. The topological polar surface area (TPSA) is 80.1 Å². The van der Waals surface area contributed by atoms with Crippen LogP contribution in [0.15, 0.2) is 6.33 Å². The summed E-state index contributed by atoms with van der Waals surface area (Å²) in [6, 6.07) is -0.423. The first-order chi connectivity index (χ1) is 9.15. The van der Waals surface area contributed by atoms with E-state index in [1.807, 2.05) is 13.8 Å². The lowest BCUT2D eigenvalue weighted by Gasteiger charge is -2.22. The SMILES string of the molecule is CCC1NC(=O)CCN(Cc2ncnn2CC)C1=O. The van der Waals surface area contributed by atoms with Gasteiger partial charge in [0.25, 0.3) is 0 Å². The molecule has 7 nitrogen and oxygen atoms in total. The molecule has 0 aliphatic carbocycles. The maximum Gasteiger partial charge on any atom is 0.245 e. The lowest BCUT2D eigenvalue weighted by atomic mass is 10.2. The van der Waals surface area contributed by atoms with Gasteiger partial charge in [-0.1, -0.05) is 6.92 Å². The summed E-state index contributed by atoms with van der Waals surface area (Å²) in [5.74, 6) is 0.638. The molecule has 0 aromatic carbocycles. The zero-order valence-electron chi connectivity index (χ0n) is 11.3. The van der Waals surface area contributed by atoms with E-state index in [9.17, 15) is 9.59 Å². The standard InChI is InChI=1S/C12H19N5O2/c1-3-9-12(19)16(6-5-11(18)15-9)7-10-13-8-14-17(10)4-2/h8-9H,3-7H2,1-2H3,(H,15,18). The highest BCUT2D eigenvalue weighted by atomic mass is 16.2. The van der Waals surface area contributed by atoms with Crippen molar-refractivity contribution in [2.45, 2.75) is 45.8 Å². The molecule has 1 aromatic heterocycles. The van der Waals surface area contributed by atoms with Crippen LogP contribution in [0.1, 0.15) is 32.5 Å². The molecule has 104 valence electrons. The second-order valence-electron chi connectivity index (χ2n) is 4.53. The smallest absolute Gasteiger partial charge is 0.245 e. The minimum atomic E-state index is -0.423. The molecular formula is C12H19N5O2. The number of nitrogens with zero attached hydrogens (tertiary/aromatic N) is 4. The van der Waals surface area contributed by atoms with Crippen LogP contribution in [-0.4, -0.2) is 44.1 Å². The van der Waals surface area contributed by atoms with E-state index < -0.39 is 6.04 Å². The molecule has 1 aliphatic heterocycles. The Morgan fingerprint density at radius 2 is 2.21 bits per heavy atom. The minimum Gasteiger partial charge on any atom is -0.344 e. The highest BCUT2D eigenvalue weighted by Gasteiger charge is 2.29. The Bertz CT molecular complexity index is 470. The number of aromatic nitrogens is 3. The Kier molecular flexibility index (Phi) is 4.13. The van der Waals surface area contributed by atoms with Crippen molar-refractivity contribution in [2.75, 3.05) is 6.54 Å². The number of nitrogens with one attached hydrogen (secondary N) is 1. The van der Waals surface area contributed by atoms with Crippen LogP contribution in [0.2, 0.25) is 0 Å². The highest BCUT2D eigenvalue weighted by molar-refractivity contribution is 5.89. The Labute approximate surface area is 112 Å². The second-order valence-corrected chi connectivity index (χ2v) is 4.53. The van der Waals surface area contributed by atoms with Gasteiger partial charge in [0.1, 0.15) is 18.2 Å².